The number of carbonyl (C=O) groups is 1. The zero-order chi connectivity index (χ0) is 9.97. The van der Waals surface area contributed by atoms with Crippen LogP contribution in [0, 0.1) is 0 Å². The van der Waals surface area contributed by atoms with Crippen molar-refractivity contribution >= 4 is 17.2 Å². The molecule has 0 aliphatic heterocycles. The number of carbonyl (C=O) groups excluding carboxylic acids is 1. The van der Waals surface area contributed by atoms with Crippen LogP contribution in [0.4, 0.5) is 0 Å². The molecular formula is C12H13NO. The summed E-state index contributed by atoms with van der Waals surface area (Å²) in [6, 6.07) is 6.34. The van der Waals surface area contributed by atoms with Crippen molar-refractivity contribution in [3.05, 3.63) is 35.5 Å². The van der Waals surface area contributed by atoms with Crippen molar-refractivity contribution in [1.29, 1.82) is 0 Å². The number of nitrogens with one attached hydrogen (secondary N) is 1. The van der Waals surface area contributed by atoms with Crippen molar-refractivity contribution in [2.45, 2.75) is 19.8 Å². The Balaban J connectivity index is 2.57. The van der Waals surface area contributed by atoms with Gasteiger partial charge in [-0.2, -0.15) is 0 Å². The van der Waals surface area contributed by atoms with E-state index in [0.717, 1.165) is 23.8 Å². The Morgan fingerprint density at radius 1 is 1.43 bits per heavy atom. The van der Waals surface area contributed by atoms with Crippen molar-refractivity contribution in [1.82, 2.24) is 4.98 Å². The Bertz CT molecular complexity index is 456. The predicted octanol–water partition coefficient (Wildman–Crippen LogP) is 2.47. The lowest BCUT2D eigenvalue weighted by Gasteiger charge is -1.97. The van der Waals surface area contributed by atoms with E-state index in [1.54, 1.807) is 0 Å². The molecule has 72 valence electrons. The first-order valence-electron chi connectivity index (χ1n) is 4.87. The first-order valence-corrected chi connectivity index (χ1v) is 4.87. The van der Waals surface area contributed by atoms with Gasteiger partial charge in [0.05, 0.1) is 0 Å². The van der Waals surface area contributed by atoms with Crippen LogP contribution in [0.5, 0.6) is 0 Å². The Morgan fingerprint density at radius 3 is 3.00 bits per heavy atom. The zero-order valence-electron chi connectivity index (χ0n) is 8.21. The highest BCUT2D eigenvalue weighted by Gasteiger charge is 2.03. The standard InChI is InChI=1S/C12H13NO/c1-2-9-3-4-12-11(7-9)10(5-6-14)8-13-12/h3-4,6-8,13H,2,5H2,1H3. The molecule has 0 saturated heterocycles. The summed E-state index contributed by atoms with van der Waals surface area (Å²) in [6.07, 6.45) is 4.38. The van der Waals surface area contributed by atoms with Gasteiger partial charge in [0.2, 0.25) is 0 Å². The fourth-order valence-corrected chi connectivity index (χ4v) is 1.70. The highest BCUT2D eigenvalue weighted by atomic mass is 16.1. The number of aldehydes is 1. The van der Waals surface area contributed by atoms with Gasteiger partial charge < -0.3 is 9.78 Å². The second-order valence-corrected chi connectivity index (χ2v) is 3.42. The molecule has 0 bridgehead atoms. The molecule has 2 nitrogen and oxygen atoms in total. The smallest absolute Gasteiger partial charge is 0.124 e. The second kappa shape index (κ2) is 3.66. The Kier molecular flexibility index (Phi) is 2.35. The lowest BCUT2D eigenvalue weighted by atomic mass is 10.1. The molecule has 0 aliphatic rings. The quantitative estimate of drug-likeness (QED) is 0.736. The number of rotatable bonds is 3. The maximum atomic E-state index is 10.5. The third-order valence-corrected chi connectivity index (χ3v) is 2.54. The van der Waals surface area contributed by atoms with Gasteiger partial charge in [-0.25, -0.2) is 0 Å². The average molecular weight is 187 g/mol. The summed E-state index contributed by atoms with van der Waals surface area (Å²) in [5.41, 5.74) is 3.51. The van der Waals surface area contributed by atoms with E-state index in [9.17, 15) is 4.79 Å². The van der Waals surface area contributed by atoms with Gasteiger partial charge in [0.15, 0.2) is 0 Å². The molecule has 0 saturated carbocycles. The van der Waals surface area contributed by atoms with E-state index in [0.29, 0.717) is 6.42 Å². The highest BCUT2D eigenvalue weighted by molar-refractivity contribution is 5.85. The molecule has 1 aromatic heterocycles. The summed E-state index contributed by atoms with van der Waals surface area (Å²) in [4.78, 5) is 13.6. The van der Waals surface area contributed by atoms with Gasteiger partial charge in [0.25, 0.3) is 0 Å². The Hall–Kier alpha value is -1.57. The van der Waals surface area contributed by atoms with Crippen molar-refractivity contribution in [3.63, 3.8) is 0 Å². The largest absolute Gasteiger partial charge is 0.361 e. The number of H-pyrrole nitrogens is 1. The minimum atomic E-state index is 0.493. The number of aromatic nitrogens is 1. The minimum Gasteiger partial charge on any atom is -0.361 e. The van der Waals surface area contributed by atoms with E-state index < -0.39 is 0 Å². The van der Waals surface area contributed by atoms with Crippen molar-refractivity contribution in [3.8, 4) is 0 Å². The van der Waals surface area contributed by atoms with Gasteiger partial charge in [0, 0.05) is 23.5 Å². The molecule has 2 heteroatoms. The molecule has 0 amide bonds. The van der Waals surface area contributed by atoms with Crippen molar-refractivity contribution in [2.75, 3.05) is 0 Å². The van der Waals surface area contributed by atoms with Crippen LogP contribution in [0.15, 0.2) is 24.4 Å². The molecule has 0 radical (unpaired) electrons. The van der Waals surface area contributed by atoms with Crippen LogP contribution in [0.3, 0.4) is 0 Å². The van der Waals surface area contributed by atoms with Crippen LogP contribution in [0.2, 0.25) is 0 Å². The molecule has 0 unspecified atom stereocenters. The first kappa shape index (κ1) is 9.00. The van der Waals surface area contributed by atoms with E-state index >= 15 is 0 Å². The van der Waals surface area contributed by atoms with Crippen LogP contribution >= 0.6 is 0 Å². The zero-order valence-corrected chi connectivity index (χ0v) is 8.21. The molecule has 1 N–H and O–H groups in total. The first-order chi connectivity index (χ1) is 6.85. The van der Waals surface area contributed by atoms with E-state index in [-0.39, 0.29) is 0 Å². The van der Waals surface area contributed by atoms with E-state index in [4.69, 9.17) is 0 Å². The van der Waals surface area contributed by atoms with Crippen LogP contribution in [0.1, 0.15) is 18.1 Å². The predicted molar refractivity (Wildman–Crippen MR) is 57.4 cm³/mol. The van der Waals surface area contributed by atoms with Gasteiger partial charge in [-0.05, 0) is 29.7 Å². The van der Waals surface area contributed by atoms with Crippen LogP contribution in [-0.2, 0) is 17.6 Å². The maximum absolute atomic E-state index is 10.5. The number of hydrogen-bond acceptors (Lipinski definition) is 1. The molecule has 0 fully saturated rings. The summed E-state index contributed by atoms with van der Waals surface area (Å²) >= 11 is 0. The van der Waals surface area contributed by atoms with E-state index in [1.165, 1.54) is 10.9 Å². The topological polar surface area (TPSA) is 32.9 Å². The summed E-state index contributed by atoms with van der Waals surface area (Å²) in [5.74, 6) is 0. The molecule has 2 rings (SSSR count). The average Bonchev–Trinajstić information content (AvgIpc) is 2.61. The molecule has 0 spiro atoms. The summed E-state index contributed by atoms with van der Waals surface area (Å²) < 4.78 is 0. The lowest BCUT2D eigenvalue weighted by molar-refractivity contribution is -0.107. The lowest BCUT2D eigenvalue weighted by Crippen LogP contribution is -1.84. The number of aromatic amines is 1. The molecule has 2 aromatic rings. The fourth-order valence-electron chi connectivity index (χ4n) is 1.70. The summed E-state index contributed by atoms with van der Waals surface area (Å²) in [6.45, 7) is 2.13. The number of aryl methyl sites for hydroxylation is 1. The normalized spacial score (nSPS) is 10.6. The van der Waals surface area contributed by atoms with Crippen LogP contribution in [-0.4, -0.2) is 11.3 Å². The molecule has 0 atom stereocenters. The molecular weight excluding hydrogens is 174 g/mol. The van der Waals surface area contributed by atoms with Crippen molar-refractivity contribution < 1.29 is 4.79 Å². The SMILES string of the molecule is CCc1ccc2[nH]cc(CC=O)c2c1. The van der Waals surface area contributed by atoms with Crippen LogP contribution in [0.25, 0.3) is 10.9 Å². The van der Waals surface area contributed by atoms with E-state index in [2.05, 4.69) is 30.1 Å². The molecule has 1 aromatic carbocycles. The van der Waals surface area contributed by atoms with Crippen LogP contribution < -0.4 is 0 Å². The summed E-state index contributed by atoms with van der Waals surface area (Å²) in [5, 5.41) is 1.18. The third-order valence-electron chi connectivity index (χ3n) is 2.54. The summed E-state index contributed by atoms with van der Waals surface area (Å²) in [7, 11) is 0. The number of fused-ring (bicyclic) bond motifs is 1. The van der Waals surface area contributed by atoms with Crippen molar-refractivity contribution in [2.24, 2.45) is 0 Å². The van der Waals surface area contributed by atoms with Gasteiger partial charge in [-0.3, -0.25) is 0 Å². The second-order valence-electron chi connectivity index (χ2n) is 3.42. The molecule has 0 aliphatic carbocycles. The number of hydrogen-bond donors (Lipinski definition) is 1. The number of benzene rings is 1. The van der Waals surface area contributed by atoms with E-state index in [1.807, 2.05) is 6.20 Å². The van der Waals surface area contributed by atoms with Gasteiger partial charge >= 0.3 is 0 Å². The Morgan fingerprint density at radius 2 is 2.29 bits per heavy atom. The molecule has 14 heavy (non-hydrogen) atoms. The molecule has 1 heterocycles. The fraction of sp³-hybridized carbons (Fsp3) is 0.250. The third kappa shape index (κ3) is 1.43. The monoisotopic (exact) mass is 187 g/mol. The highest BCUT2D eigenvalue weighted by Crippen LogP contribution is 2.20. The Labute approximate surface area is 82.9 Å². The minimum absolute atomic E-state index is 0.493. The van der Waals surface area contributed by atoms with Gasteiger partial charge in [-0.15, -0.1) is 0 Å². The van der Waals surface area contributed by atoms with Gasteiger partial charge in [0.1, 0.15) is 6.29 Å². The van der Waals surface area contributed by atoms with Gasteiger partial charge in [-0.1, -0.05) is 13.0 Å². The maximum Gasteiger partial charge on any atom is 0.124 e.